The van der Waals surface area contributed by atoms with E-state index in [0.717, 1.165) is 42.5 Å². The fourth-order valence-electron chi connectivity index (χ4n) is 2.57. The van der Waals surface area contributed by atoms with Crippen LogP contribution in [0.25, 0.3) is 11.4 Å². The van der Waals surface area contributed by atoms with Crippen molar-refractivity contribution in [2.45, 2.75) is 25.7 Å². The SMILES string of the molecule is NNc1nc(-c2ccc([N+](=O)[O-])cc2)nc2c1CCCC2. The van der Waals surface area contributed by atoms with Crippen molar-refractivity contribution in [3.8, 4) is 11.4 Å². The van der Waals surface area contributed by atoms with E-state index in [1.807, 2.05) is 0 Å². The van der Waals surface area contributed by atoms with Crippen LogP contribution < -0.4 is 11.3 Å². The number of nitrogens with one attached hydrogen (secondary N) is 1. The minimum absolute atomic E-state index is 0.0499. The maximum absolute atomic E-state index is 10.7. The van der Waals surface area contributed by atoms with Gasteiger partial charge in [-0.05, 0) is 37.8 Å². The van der Waals surface area contributed by atoms with Crippen molar-refractivity contribution in [3.63, 3.8) is 0 Å². The summed E-state index contributed by atoms with van der Waals surface area (Å²) in [6.45, 7) is 0. The summed E-state index contributed by atoms with van der Waals surface area (Å²) >= 11 is 0. The van der Waals surface area contributed by atoms with Crippen LogP contribution in [0.4, 0.5) is 11.5 Å². The molecule has 0 saturated heterocycles. The van der Waals surface area contributed by atoms with Crippen LogP contribution >= 0.6 is 0 Å². The molecule has 2 aromatic rings. The summed E-state index contributed by atoms with van der Waals surface area (Å²) < 4.78 is 0. The van der Waals surface area contributed by atoms with Crippen molar-refractivity contribution in [2.24, 2.45) is 5.84 Å². The number of hydrogen-bond donors (Lipinski definition) is 2. The highest BCUT2D eigenvalue weighted by Gasteiger charge is 2.18. The summed E-state index contributed by atoms with van der Waals surface area (Å²) in [4.78, 5) is 19.3. The number of nitro benzene ring substituents is 1. The van der Waals surface area contributed by atoms with Gasteiger partial charge in [0.25, 0.3) is 5.69 Å². The Kier molecular flexibility index (Phi) is 3.49. The first-order valence-electron chi connectivity index (χ1n) is 6.80. The van der Waals surface area contributed by atoms with Gasteiger partial charge < -0.3 is 5.43 Å². The molecule has 1 aliphatic rings. The molecule has 0 saturated carbocycles. The largest absolute Gasteiger partial charge is 0.308 e. The second kappa shape index (κ2) is 5.45. The Morgan fingerprint density at radius 2 is 1.86 bits per heavy atom. The zero-order chi connectivity index (χ0) is 14.8. The van der Waals surface area contributed by atoms with Gasteiger partial charge in [-0.1, -0.05) is 0 Å². The molecular weight excluding hydrogens is 270 g/mol. The molecule has 3 rings (SSSR count). The molecule has 1 aromatic carbocycles. The van der Waals surface area contributed by atoms with Crippen LogP contribution in [0.1, 0.15) is 24.1 Å². The lowest BCUT2D eigenvalue weighted by atomic mass is 9.96. The maximum atomic E-state index is 10.7. The van der Waals surface area contributed by atoms with Crippen molar-refractivity contribution in [1.82, 2.24) is 9.97 Å². The lowest BCUT2D eigenvalue weighted by molar-refractivity contribution is -0.384. The third-order valence-electron chi connectivity index (χ3n) is 3.66. The highest BCUT2D eigenvalue weighted by Crippen LogP contribution is 2.28. The fourth-order valence-corrected chi connectivity index (χ4v) is 2.57. The molecule has 0 unspecified atom stereocenters. The number of rotatable bonds is 3. The van der Waals surface area contributed by atoms with Crippen molar-refractivity contribution in [1.29, 1.82) is 0 Å². The summed E-state index contributed by atoms with van der Waals surface area (Å²) in [5, 5.41) is 10.7. The summed E-state index contributed by atoms with van der Waals surface area (Å²) in [5.74, 6) is 6.74. The van der Waals surface area contributed by atoms with Crippen LogP contribution in [-0.4, -0.2) is 14.9 Å². The number of nitrogens with zero attached hydrogens (tertiary/aromatic N) is 3. The Bertz CT molecular complexity index is 667. The average Bonchev–Trinajstić information content (AvgIpc) is 2.53. The predicted molar refractivity (Wildman–Crippen MR) is 78.6 cm³/mol. The average molecular weight is 285 g/mol. The number of nitrogens with two attached hydrogens (primary N) is 1. The summed E-state index contributed by atoms with van der Waals surface area (Å²) in [5.41, 5.74) is 5.52. The number of nitro groups is 1. The Morgan fingerprint density at radius 1 is 1.14 bits per heavy atom. The predicted octanol–water partition coefficient (Wildman–Crippen LogP) is 2.22. The van der Waals surface area contributed by atoms with E-state index in [-0.39, 0.29) is 5.69 Å². The minimum atomic E-state index is -0.426. The van der Waals surface area contributed by atoms with Crippen molar-refractivity contribution in [3.05, 3.63) is 45.6 Å². The molecule has 7 heteroatoms. The number of nitrogen functional groups attached to an aromatic ring is 1. The molecule has 0 spiro atoms. The van der Waals surface area contributed by atoms with Gasteiger partial charge >= 0.3 is 0 Å². The fraction of sp³-hybridized carbons (Fsp3) is 0.286. The lowest BCUT2D eigenvalue weighted by Gasteiger charge is -2.18. The van der Waals surface area contributed by atoms with Gasteiger partial charge in [0.15, 0.2) is 5.82 Å². The number of benzene rings is 1. The normalized spacial score (nSPS) is 13.6. The van der Waals surface area contributed by atoms with Crippen molar-refractivity contribution in [2.75, 3.05) is 5.43 Å². The minimum Gasteiger partial charge on any atom is -0.308 e. The van der Waals surface area contributed by atoms with E-state index >= 15 is 0 Å². The van der Waals surface area contributed by atoms with Gasteiger partial charge in [0.2, 0.25) is 0 Å². The highest BCUT2D eigenvalue weighted by atomic mass is 16.6. The summed E-state index contributed by atoms with van der Waals surface area (Å²) in [7, 11) is 0. The van der Waals surface area contributed by atoms with E-state index in [9.17, 15) is 10.1 Å². The molecule has 1 aliphatic carbocycles. The first kappa shape index (κ1) is 13.4. The number of aryl methyl sites for hydroxylation is 1. The van der Waals surface area contributed by atoms with Crippen LogP contribution in [0, 0.1) is 10.1 Å². The van der Waals surface area contributed by atoms with Gasteiger partial charge in [-0.15, -0.1) is 0 Å². The summed E-state index contributed by atoms with van der Waals surface area (Å²) in [6.07, 6.45) is 4.05. The molecule has 21 heavy (non-hydrogen) atoms. The van der Waals surface area contributed by atoms with Crippen LogP contribution in [0.2, 0.25) is 0 Å². The first-order valence-corrected chi connectivity index (χ1v) is 6.80. The number of anilines is 1. The second-order valence-corrected chi connectivity index (χ2v) is 4.98. The number of hydrazine groups is 1. The van der Waals surface area contributed by atoms with Crippen LogP contribution in [0.15, 0.2) is 24.3 Å². The molecule has 3 N–H and O–H groups in total. The topological polar surface area (TPSA) is 107 Å². The van der Waals surface area contributed by atoms with Gasteiger partial charge in [0.1, 0.15) is 5.82 Å². The molecule has 7 nitrogen and oxygen atoms in total. The molecule has 0 bridgehead atoms. The molecule has 0 aliphatic heterocycles. The maximum Gasteiger partial charge on any atom is 0.269 e. The van der Waals surface area contributed by atoms with E-state index in [1.54, 1.807) is 12.1 Å². The van der Waals surface area contributed by atoms with Gasteiger partial charge in [0, 0.05) is 29.0 Å². The lowest BCUT2D eigenvalue weighted by Crippen LogP contribution is -2.17. The van der Waals surface area contributed by atoms with Crippen LogP contribution in [0.3, 0.4) is 0 Å². The number of aromatic nitrogens is 2. The van der Waals surface area contributed by atoms with Gasteiger partial charge in [-0.25, -0.2) is 15.8 Å². The van der Waals surface area contributed by atoms with Crippen LogP contribution in [-0.2, 0) is 12.8 Å². The number of hydrogen-bond acceptors (Lipinski definition) is 6. The Labute approximate surface area is 121 Å². The smallest absolute Gasteiger partial charge is 0.269 e. The molecule has 0 amide bonds. The molecule has 1 aromatic heterocycles. The zero-order valence-electron chi connectivity index (χ0n) is 11.4. The molecule has 108 valence electrons. The van der Waals surface area contributed by atoms with E-state index in [1.165, 1.54) is 12.1 Å². The van der Waals surface area contributed by atoms with E-state index < -0.39 is 4.92 Å². The van der Waals surface area contributed by atoms with Gasteiger partial charge in [-0.3, -0.25) is 10.1 Å². The number of fused-ring (bicyclic) bond motifs is 1. The van der Waals surface area contributed by atoms with E-state index in [2.05, 4.69) is 15.4 Å². The first-order chi connectivity index (χ1) is 10.2. The van der Waals surface area contributed by atoms with Gasteiger partial charge in [-0.2, -0.15) is 0 Å². The third-order valence-corrected chi connectivity index (χ3v) is 3.66. The standard InChI is InChI=1S/C14H15N5O2/c15-18-14-11-3-1-2-4-12(11)16-13(17-14)9-5-7-10(8-6-9)19(20)21/h5-8H,1-4,15H2,(H,16,17,18). The molecular formula is C14H15N5O2. The molecule has 0 fully saturated rings. The Morgan fingerprint density at radius 3 is 2.52 bits per heavy atom. The van der Waals surface area contributed by atoms with Gasteiger partial charge in [0.05, 0.1) is 4.92 Å². The molecule has 1 heterocycles. The zero-order valence-corrected chi connectivity index (χ0v) is 11.4. The highest BCUT2D eigenvalue weighted by molar-refractivity contribution is 5.61. The number of non-ortho nitro benzene ring substituents is 1. The Hall–Kier alpha value is -2.54. The van der Waals surface area contributed by atoms with Crippen molar-refractivity contribution >= 4 is 11.5 Å². The van der Waals surface area contributed by atoms with Crippen molar-refractivity contribution < 1.29 is 4.92 Å². The molecule has 0 radical (unpaired) electrons. The second-order valence-electron chi connectivity index (χ2n) is 4.98. The third kappa shape index (κ3) is 2.55. The van der Waals surface area contributed by atoms with E-state index in [4.69, 9.17) is 5.84 Å². The molecule has 0 atom stereocenters. The monoisotopic (exact) mass is 285 g/mol. The summed E-state index contributed by atoms with van der Waals surface area (Å²) in [6, 6.07) is 6.22. The Balaban J connectivity index is 2.03. The van der Waals surface area contributed by atoms with Crippen LogP contribution in [0.5, 0.6) is 0 Å². The quantitative estimate of drug-likeness (QED) is 0.508. The van der Waals surface area contributed by atoms with E-state index in [0.29, 0.717) is 11.6 Å².